The van der Waals surface area contributed by atoms with Gasteiger partial charge in [0.25, 0.3) is 0 Å². The third-order valence-electron chi connectivity index (χ3n) is 4.32. The van der Waals surface area contributed by atoms with Gasteiger partial charge in [0.2, 0.25) is 5.91 Å². The lowest BCUT2D eigenvalue weighted by atomic mass is 9.81. The predicted molar refractivity (Wildman–Crippen MR) is 85.2 cm³/mol. The summed E-state index contributed by atoms with van der Waals surface area (Å²) in [6.07, 6.45) is 10.6. The highest BCUT2D eigenvalue weighted by Crippen LogP contribution is 2.35. The van der Waals surface area contributed by atoms with E-state index in [1.54, 1.807) is 0 Å². The number of aromatic amines is 1. The van der Waals surface area contributed by atoms with E-state index in [2.05, 4.69) is 31.9 Å². The van der Waals surface area contributed by atoms with Crippen LogP contribution in [0.5, 0.6) is 0 Å². The van der Waals surface area contributed by atoms with E-state index in [9.17, 15) is 4.79 Å². The Kier molecular flexibility index (Phi) is 4.38. The maximum absolute atomic E-state index is 12.5. The molecule has 0 bridgehead atoms. The van der Waals surface area contributed by atoms with Crippen molar-refractivity contribution < 1.29 is 4.79 Å². The monoisotopic (exact) mass is 309 g/mol. The second-order valence-electron chi connectivity index (χ2n) is 5.95. The van der Waals surface area contributed by atoms with Crippen molar-refractivity contribution in [2.24, 2.45) is 0 Å². The van der Waals surface area contributed by atoms with Crippen LogP contribution in [0.2, 0.25) is 0 Å². The summed E-state index contributed by atoms with van der Waals surface area (Å²) in [6, 6.07) is 7.49. The molecule has 0 radical (unpaired) electrons. The van der Waals surface area contributed by atoms with Gasteiger partial charge >= 0.3 is 0 Å². The van der Waals surface area contributed by atoms with Gasteiger partial charge in [-0.15, -0.1) is 16.6 Å². The molecule has 6 nitrogen and oxygen atoms in total. The van der Waals surface area contributed by atoms with Crippen LogP contribution in [0.4, 0.5) is 0 Å². The van der Waals surface area contributed by atoms with Crippen molar-refractivity contribution in [3.63, 3.8) is 0 Å². The van der Waals surface area contributed by atoms with E-state index in [0.29, 0.717) is 5.82 Å². The Morgan fingerprint density at radius 1 is 1.35 bits per heavy atom. The van der Waals surface area contributed by atoms with Crippen LogP contribution in [-0.2, 0) is 16.8 Å². The molecule has 0 aliphatic heterocycles. The van der Waals surface area contributed by atoms with E-state index in [4.69, 9.17) is 6.42 Å². The Hall–Kier alpha value is -2.68. The molecule has 2 aromatic rings. The fourth-order valence-corrected chi connectivity index (χ4v) is 3.19. The molecule has 118 valence electrons. The molecule has 1 amide bonds. The minimum absolute atomic E-state index is 0.0501. The van der Waals surface area contributed by atoms with Gasteiger partial charge in [-0.2, -0.15) is 5.21 Å². The first kappa shape index (κ1) is 15.2. The molecular formula is C17H19N5O. The van der Waals surface area contributed by atoms with E-state index in [1.807, 2.05) is 24.3 Å². The van der Waals surface area contributed by atoms with Gasteiger partial charge < -0.3 is 5.32 Å². The third-order valence-corrected chi connectivity index (χ3v) is 4.32. The average Bonchev–Trinajstić information content (AvgIpc) is 3.11. The molecule has 1 heterocycles. The van der Waals surface area contributed by atoms with Gasteiger partial charge in [-0.25, -0.2) is 0 Å². The molecule has 3 rings (SSSR count). The van der Waals surface area contributed by atoms with Gasteiger partial charge in [-0.3, -0.25) is 4.79 Å². The van der Waals surface area contributed by atoms with Crippen LogP contribution in [0.25, 0.3) is 0 Å². The van der Waals surface area contributed by atoms with Gasteiger partial charge in [0.1, 0.15) is 5.54 Å². The molecule has 1 saturated carbocycles. The Morgan fingerprint density at radius 2 is 2.17 bits per heavy atom. The average molecular weight is 309 g/mol. The minimum atomic E-state index is -0.508. The van der Waals surface area contributed by atoms with Crippen molar-refractivity contribution >= 4 is 5.91 Å². The highest BCUT2D eigenvalue weighted by Gasteiger charge is 2.39. The highest BCUT2D eigenvalue weighted by atomic mass is 16.1. The quantitative estimate of drug-likeness (QED) is 0.842. The van der Waals surface area contributed by atoms with Crippen LogP contribution in [0.3, 0.4) is 0 Å². The largest absolute Gasteiger partial charge is 0.343 e. The molecule has 0 saturated heterocycles. The predicted octanol–water partition coefficient (Wildman–Crippen LogP) is 1.70. The highest BCUT2D eigenvalue weighted by molar-refractivity contribution is 5.79. The van der Waals surface area contributed by atoms with Crippen molar-refractivity contribution in [3.05, 3.63) is 41.2 Å². The first-order chi connectivity index (χ1) is 11.2. The topological polar surface area (TPSA) is 83.6 Å². The number of hydrogen-bond donors (Lipinski definition) is 2. The van der Waals surface area contributed by atoms with Crippen molar-refractivity contribution in [3.8, 4) is 12.3 Å². The molecule has 0 unspecified atom stereocenters. The summed E-state index contributed by atoms with van der Waals surface area (Å²) in [6.45, 7) is 0. The van der Waals surface area contributed by atoms with Crippen LogP contribution in [-0.4, -0.2) is 26.5 Å². The molecule has 0 spiro atoms. The van der Waals surface area contributed by atoms with Gasteiger partial charge in [0, 0.05) is 5.56 Å². The Labute approximate surface area is 135 Å². The number of hydrogen-bond acceptors (Lipinski definition) is 4. The van der Waals surface area contributed by atoms with Gasteiger partial charge in [0.05, 0.1) is 6.42 Å². The molecule has 0 atom stereocenters. The van der Waals surface area contributed by atoms with E-state index in [-0.39, 0.29) is 12.3 Å². The summed E-state index contributed by atoms with van der Waals surface area (Å²) in [4.78, 5) is 12.5. The van der Waals surface area contributed by atoms with Gasteiger partial charge in [-0.1, -0.05) is 42.5 Å². The summed E-state index contributed by atoms with van der Waals surface area (Å²) >= 11 is 0. The first-order valence-corrected chi connectivity index (χ1v) is 7.82. The van der Waals surface area contributed by atoms with Crippen molar-refractivity contribution in [2.75, 3.05) is 0 Å². The number of nitrogens with zero attached hydrogens (tertiary/aromatic N) is 3. The summed E-state index contributed by atoms with van der Waals surface area (Å²) < 4.78 is 0. The molecule has 1 aliphatic rings. The fourth-order valence-electron chi connectivity index (χ4n) is 3.19. The fraction of sp³-hybridized carbons (Fsp3) is 0.412. The number of carbonyl (C=O) groups excluding carboxylic acids is 1. The Balaban J connectivity index is 1.75. The van der Waals surface area contributed by atoms with Crippen LogP contribution >= 0.6 is 0 Å². The van der Waals surface area contributed by atoms with Crippen LogP contribution < -0.4 is 5.32 Å². The van der Waals surface area contributed by atoms with Crippen LogP contribution in [0, 0.1) is 12.3 Å². The lowest BCUT2D eigenvalue weighted by molar-refractivity contribution is -0.123. The van der Waals surface area contributed by atoms with Gasteiger partial charge in [0.15, 0.2) is 5.82 Å². The maximum Gasteiger partial charge on any atom is 0.225 e. The van der Waals surface area contributed by atoms with Crippen molar-refractivity contribution in [1.82, 2.24) is 25.9 Å². The number of terminal acetylenes is 1. The minimum Gasteiger partial charge on any atom is -0.343 e. The maximum atomic E-state index is 12.5. The number of nitrogens with one attached hydrogen (secondary N) is 2. The number of rotatable bonds is 4. The van der Waals surface area contributed by atoms with Crippen LogP contribution in [0.1, 0.15) is 49.1 Å². The number of aromatic nitrogens is 4. The second-order valence-corrected chi connectivity index (χ2v) is 5.95. The van der Waals surface area contributed by atoms with E-state index < -0.39 is 5.54 Å². The third kappa shape index (κ3) is 3.39. The molecule has 6 heteroatoms. The summed E-state index contributed by atoms with van der Waals surface area (Å²) in [5.74, 6) is 3.11. The Bertz CT molecular complexity index is 711. The number of carbonyl (C=O) groups is 1. The zero-order valence-corrected chi connectivity index (χ0v) is 12.9. The number of H-pyrrole nitrogens is 1. The standard InChI is InChI=1S/C17H19N5O/c1-2-13-7-6-8-14(11-13)12-15(23)18-17(9-4-3-5-10-17)16-19-21-22-20-16/h1,6-8,11H,3-5,9-10,12H2,(H,18,23)(H,19,20,21,22). The summed E-state index contributed by atoms with van der Waals surface area (Å²) in [5, 5.41) is 17.5. The SMILES string of the molecule is C#Cc1cccc(CC(=O)NC2(c3nn[nH]n3)CCCCC2)c1. The summed E-state index contributed by atoms with van der Waals surface area (Å²) in [5.41, 5.74) is 1.17. The van der Waals surface area contributed by atoms with E-state index >= 15 is 0 Å². The normalized spacial score (nSPS) is 16.5. The zero-order valence-electron chi connectivity index (χ0n) is 12.9. The number of amides is 1. The smallest absolute Gasteiger partial charge is 0.225 e. The van der Waals surface area contributed by atoms with Crippen LogP contribution in [0.15, 0.2) is 24.3 Å². The first-order valence-electron chi connectivity index (χ1n) is 7.82. The van der Waals surface area contributed by atoms with Crippen molar-refractivity contribution in [1.29, 1.82) is 0 Å². The molecule has 2 N–H and O–H groups in total. The van der Waals surface area contributed by atoms with Crippen molar-refractivity contribution in [2.45, 2.75) is 44.1 Å². The lowest BCUT2D eigenvalue weighted by Crippen LogP contribution is -2.48. The molecule has 23 heavy (non-hydrogen) atoms. The number of tetrazole rings is 1. The molecular weight excluding hydrogens is 290 g/mol. The van der Waals surface area contributed by atoms with Gasteiger partial charge in [-0.05, 0) is 30.5 Å². The second kappa shape index (κ2) is 6.61. The van der Waals surface area contributed by atoms with E-state index in [1.165, 1.54) is 6.42 Å². The molecule has 1 aliphatic carbocycles. The Morgan fingerprint density at radius 3 is 2.87 bits per heavy atom. The summed E-state index contributed by atoms with van der Waals surface area (Å²) in [7, 11) is 0. The molecule has 1 fully saturated rings. The zero-order chi connectivity index (χ0) is 16.1. The molecule has 1 aromatic carbocycles. The lowest BCUT2D eigenvalue weighted by Gasteiger charge is -2.35. The number of benzene rings is 1. The molecule has 1 aromatic heterocycles. The van der Waals surface area contributed by atoms with E-state index in [0.717, 1.165) is 36.8 Å².